The molecule has 120 valence electrons. The number of rotatable bonds is 4. The van der Waals surface area contributed by atoms with Crippen molar-refractivity contribution in [2.24, 2.45) is 0 Å². The number of nitrogens with zero attached hydrogens (tertiary/aromatic N) is 2. The van der Waals surface area contributed by atoms with E-state index in [9.17, 15) is 9.59 Å². The average molecular weight is 311 g/mol. The van der Waals surface area contributed by atoms with Crippen molar-refractivity contribution in [1.82, 2.24) is 10.2 Å². The van der Waals surface area contributed by atoms with Gasteiger partial charge in [-0.25, -0.2) is 0 Å². The van der Waals surface area contributed by atoms with E-state index < -0.39 is 0 Å². The van der Waals surface area contributed by atoms with Crippen molar-refractivity contribution in [1.29, 1.82) is 5.26 Å². The van der Waals surface area contributed by atoms with Crippen LogP contribution in [0.15, 0.2) is 30.3 Å². The number of benzene rings is 1. The molecule has 1 N–H and O–H groups in total. The molecule has 0 aliphatic carbocycles. The third kappa shape index (κ3) is 5.26. The first-order valence-electron chi connectivity index (χ1n) is 7.78. The first-order valence-corrected chi connectivity index (χ1v) is 7.78. The van der Waals surface area contributed by atoms with E-state index in [1.807, 2.05) is 43.3 Å². The van der Waals surface area contributed by atoms with Crippen LogP contribution >= 0.6 is 0 Å². The van der Waals surface area contributed by atoms with Gasteiger partial charge in [-0.3, -0.25) is 9.59 Å². The Bertz CT molecular complexity index is 621. The Morgan fingerprint density at radius 2 is 1.96 bits per heavy atom. The zero-order chi connectivity index (χ0) is 16.7. The summed E-state index contributed by atoms with van der Waals surface area (Å²) in [7, 11) is 0. The lowest BCUT2D eigenvalue weighted by molar-refractivity contribution is -0.127. The number of likely N-dealkylation sites (tertiary alicyclic amines) is 1. The standard InChI is InChI=1S/C18H21N3O2/c1-14-2-4-15(5-3-14)6-7-18(23)21-12-9-16(10-13-21)20-17(22)8-11-19/h2-7,16H,8-10,12-13H2,1H3,(H,20,22)/b7-6+. The van der Waals surface area contributed by atoms with Gasteiger partial charge in [0.15, 0.2) is 0 Å². The van der Waals surface area contributed by atoms with Crippen molar-refractivity contribution in [3.63, 3.8) is 0 Å². The summed E-state index contributed by atoms with van der Waals surface area (Å²) in [6, 6.07) is 9.88. The van der Waals surface area contributed by atoms with E-state index in [-0.39, 0.29) is 24.3 Å². The quantitative estimate of drug-likeness (QED) is 0.865. The van der Waals surface area contributed by atoms with Crippen LogP contribution in [0.4, 0.5) is 0 Å². The van der Waals surface area contributed by atoms with Gasteiger partial charge < -0.3 is 10.2 Å². The minimum absolute atomic E-state index is 0.00706. The minimum atomic E-state index is -0.239. The second-order valence-corrected chi connectivity index (χ2v) is 5.75. The zero-order valence-corrected chi connectivity index (χ0v) is 13.3. The Hall–Kier alpha value is -2.61. The molecule has 1 aliphatic heterocycles. The number of carbonyl (C=O) groups excluding carboxylic acids is 2. The summed E-state index contributed by atoms with van der Waals surface area (Å²) in [5.41, 5.74) is 2.19. The predicted molar refractivity (Wildman–Crippen MR) is 88.2 cm³/mol. The number of carbonyl (C=O) groups is 2. The molecule has 0 saturated carbocycles. The summed E-state index contributed by atoms with van der Waals surface area (Å²) in [6.45, 7) is 3.27. The van der Waals surface area contributed by atoms with Crippen molar-refractivity contribution in [3.8, 4) is 6.07 Å². The molecule has 0 aromatic heterocycles. The fraction of sp³-hybridized carbons (Fsp3) is 0.389. The van der Waals surface area contributed by atoms with E-state index in [2.05, 4.69) is 5.32 Å². The summed E-state index contributed by atoms with van der Waals surface area (Å²) in [5.74, 6) is -0.246. The largest absolute Gasteiger partial charge is 0.352 e. The highest BCUT2D eigenvalue weighted by Gasteiger charge is 2.22. The lowest BCUT2D eigenvalue weighted by atomic mass is 10.0. The maximum Gasteiger partial charge on any atom is 0.246 e. The molecule has 1 aromatic carbocycles. The van der Waals surface area contributed by atoms with Crippen molar-refractivity contribution < 1.29 is 9.59 Å². The first-order chi connectivity index (χ1) is 11.1. The predicted octanol–water partition coefficient (Wildman–Crippen LogP) is 2.03. The Kier molecular flexibility index (Phi) is 5.93. The summed E-state index contributed by atoms with van der Waals surface area (Å²) in [5, 5.41) is 11.3. The van der Waals surface area contributed by atoms with Crippen molar-refractivity contribution in [3.05, 3.63) is 41.5 Å². The van der Waals surface area contributed by atoms with Crippen LogP contribution in [-0.4, -0.2) is 35.8 Å². The van der Waals surface area contributed by atoms with Gasteiger partial charge in [-0.15, -0.1) is 0 Å². The van der Waals surface area contributed by atoms with Crippen LogP contribution in [0.1, 0.15) is 30.4 Å². The van der Waals surface area contributed by atoms with Crippen LogP contribution in [0.3, 0.4) is 0 Å². The van der Waals surface area contributed by atoms with Gasteiger partial charge in [-0.2, -0.15) is 5.26 Å². The highest BCUT2D eigenvalue weighted by Crippen LogP contribution is 2.12. The van der Waals surface area contributed by atoms with Gasteiger partial charge in [0, 0.05) is 25.2 Å². The van der Waals surface area contributed by atoms with Crippen LogP contribution < -0.4 is 5.32 Å². The van der Waals surface area contributed by atoms with E-state index in [1.54, 1.807) is 11.0 Å². The van der Waals surface area contributed by atoms with Gasteiger partial charge in [-0.05, 0) is 31.4 Å². The van der Waals surface area contributed by atoms with E-state index in [4.69, 9.17) is 5.26 Å². The molecule has 0 bridgehead atoms. The SMILES string of the molecule is Cc1ccc(/C=C/C(=O)N2CCC(NC(=O)CC#N)CC2)cc1. The van der Waals surface area contributed by atoms with E-state index in [0.29, 0.717) is 13.1 Å². The monoisotopic (exact) mass is 311 g/mol. The Labute approximate surface area is 136 Å². The van der Waals surface area contributed by atoms with Crippen LogP contribution in [0.5, 0.6) is 0 Å². The zero-order valence-electron chi connectivity index (χ0n) is 13.3. The molecule has 5 heteroatoms. The minimum Gasteiger partial charge on any atom is -0.352 e. The highest BCUT2D eigenvalue weighted by molar-refractivity contribution is 5.91. The summed E-state index contributed by atoms with van der Waals surface area (Å²) >= 11 is 0. The maximum atomic E-state index is 12.2. The van der Waals surface area contributed by atoms with Crippen molar-refractivity contribution >= 4 is 17.9 Å². The van der Waals surface area contributed by atoms with Gasteiger partial charge in [-0.1, -0.05) is 29.8 Å². The molecule has 2 amide bonds. The molecular formula is C18H21N3O2. The summed E-state index contributed by atoms with van der Waals surface area (Å²) in [6.07, 6.45) is 4.75. The lowest BCUT2D eigenvalue weighted by Crippen LogP contribution is -2.46. The molecule has 1 heterocycles. The second-order valence-electron chi connectivity index (χ2n) is 5.75. The Morgan fingerprint density at radius 1 is 1.30 bits per heavy atom. The molecule has 5 nitrogen and oxygen atoms in total. The van der Waals surface area contributed by atoms with Crippen LogP contribution in [0.25, 0.3) is 6.08 Å². The Morgan fingerprint density at radius 3 is 2.57 bits per heavy atom. The first kappa shape index (κ1) is 16.8. The number of hydrogen-bond acceptors (Lipinski definition) is 3. The normalized spacial score (nSPS) is 15.4. The molecule has 1 fully saturated rings. The number of aryl methyl sites for hydroxylation is 1. The van der Waals surface area contributed by atoms with Crippen molar-refractivity contribution in [2.75, 3.05) is 13.1 Å². The molecule has 1 aromatic rings. The number of piperidine rings is 1. The molecule has 0 unspecified atom stereocenters. The number of amides is 2. The van der Waals surface area contributed by atoms with E-state index in [1.165, 1.54) is 5.56 Å². The summed E-state index contributed by atoms with van der Waals surface area (Å²) < 4.78 is 0. The van der Waals surface area contributed by atoms with Crippen LogP contribution in [0.2, 0.25) is 0 Å². The molecule has 0 spiro atoms. The van der Waals surface area contributed by atoms with Gasteiger partial charge in [0.2, 0.25) is 11.8 Å². The van der Waals surface area contributed by atoms with E-state index in [0.717, 1.165) is 18.4 Å². The second kappa shape index (κ2) is 8.14. The molecule has 1 saturated heterocycles. The highest BCUT2D eigenvalue weighted by atomic mass is 16.2. The third-order valence-electron chi connectivity index (χ3n) is 3.91. The fourth-order valence-electron chi connectivity index (χ4n) is 2.55. The van der Waals surface area contributed by atoms with Crippen molar-refractivity contribution in [2.45, 2.75) is 32.2 Å². The number of nitrogens with one attached hydrogen (secondary N) is 1. The van der Waals surface area contributed by atoms with Gasteiger partial charge >= 0.3 is 0 Å². The fourth-order valence-corrected chi connectivity index (χ4v) is 2.55. The molecular weight excluding hydrogens is 290 g/mol. The average Bonchev–Trinajstić information content (AvgIpc) is 2.55. The molecule has 0 atom stereocenters. The number of hydrogen-bond donors (Lipinski definition) is 1. The van der Waals surface area contributed by atoms with Gasteiger partial charge in [0.25, 0.3) is 0 Å². The van der Waals surface area contributed by atoms with Crippen LogP contribution in [0, 0.1) is 18.3 Å². The van der Waals surface area contributed by atoms with Crippen LogP contribution in [-0.2, 0) is 9.59 Å². The maximum absolute atomic E-state index is 12.2. The van der Waals surface area contributed by atoms with Gasteiger partial charge in [0.1, 0.15) is 6.42 Å². The third-order valence-corrected chi connectivity index (χ3v) is 3.91. The summed E-state index contributed by atoms with van der Waals surface area (Å²) in [4.78, 5) is 25.4. The topological polar surface area (TPSA) is 73.2 Å². The molecule has 23 heavy (non-hydrogen) atoms. The molecule has 0 radical (unpaired) electrons. The lowest BCUT2D eigenvalue weighted by Gasteiger charge is -2.31. The molecule has 2 rings (SSSR count). The smallest absolute Gasteiger partial charge is 0.246 e. The number of nitriles is 1. The van der Waals surface area contributed by atoms with E-state index >= 15 is 0 Å². The Balaban J connectivity index is 1.80. The van der Waals surface area contributed by atoms with Gasteiger partial charge in [0.05, 0.1) is 6.07 Å². The molecule has 1 aliphatic rings.